The van der Waals surface area contributed by atoms with Gasteiger partial charge in [-0.1, -0.05) is 34.6 Å². The molecule has 1 aromatic rings. The minimum atomic E-state index is 0.210. The molecule has 1 saturated carbocycles. The first kappa shape index (κ1) is 14.9. The summed E-state index contributed by atoms with van der Waals surface area (Å²) < 4.78 is 2.14. The van der Waals surface area contributed by atoms with E-state index in [9.17, 15) is 0 Å². The molecule has 1 heterocycles. The Morgan fingerprint density at radius 3 is 2.75 bits per heavy atom. The molecule has 0 unspecified atom stereocenters. The Kier molecular flexibility index (Phi) is 4.48. The zero-order valence-electron chi connectivity index (χ0n) is 11.5. The Bertz CT molecular complexity index is 537. The molecule has 1 aromatic carbocycles. The van der Waals surface area contributed by atoms with Crippen molar-refractivity contribution in [2.75, 3.05) is 11.1 Å². The second-order valence-corrected chi connectivity index (χ2v) is 8.60. The summed E-state index contributed by atoms with van der Waals surface area (Å²) in [6.45, 7) is 2.36. The number of anilines is 1. The fourth-order valence-corrected chi connectivity index (χ4v) is 5.15. The van der Waals surface area contributed by atoms with Crippen LogP contribution >= 0.6 is 43.6 Å². The van der Waals surface area contributed by atoms with Crippen LogP contribution in [0.25, 0.3) is 0 Å². The van der Waals surface area contributed by atoms with Crippen molar-refractivity contribution in [1.82, 2.24) is 0 Å². The summed E-state index contributed by atoms with van der Waals surface area (Å²) in [5, 5.41) is 4.54. The fourth-order valence-electron chi connectivity index (χ4n) is 2.81. The standard InChI is InChI=1S/C15H18Br2N2S/c1-10-4-6-15(7-5-10)9-20-14(19-15)18-13-3-2-11(16)8-12(13)17/h2-3,8,10H,4-7,9H2,1H3,(H,18,19). The van der Waals surface area contributed by atoms with E-state index in [2.05, 4.69) is 56.2 Å². The van der Waals surface area contributed by atoms with Gasteiger partial charge in [0, 0.05) is 14.7 Å². The van der Waals surface area contributed by atoms with Crippen LogP contribution in [0.15, 0.2) is 32.1 Å². The summed E-state index contributed by atoms with van der Waals surface area (Å²) in [6.07, 6.45) is 5.13. The third-order valence-corrected chi connectivity index (χ3v) is 6.49. The van der Waals surface area contributed by atoms with E-state index in [0.29, 0.717) is 0 Å². The van der Waals surface area contributed by atoms with E-state index in [1.165, 1.54) is 25.7 Å². The molecule has 0 aromatic heterocycles. The number of nitrogens with zero attached hydrogens (tertiary/aromatic N) is 1. The zero-order chi connectivity index (χ0) is 14.2. The Morgan fingerprint density at radius 2 is 2.05 bits per heavy atom. The first-order valence-electron chi connectivity index (χ1n) is 7.01. The lowest BCUT2D eigenvalue weighted by molar-refractivity contribution is 0.273. The van der Waals surface area contributed by atoms with Crippen LogP contribution in [-0.2, 0) is 0 Å². The highest BCUT2D eigenvalue weighted by atomic mass is 79.9. The SMILES string of the molecule is CC1CCC2(CC1)CSC(Nc1ccc(Br)cc1Br)=N2. The van der Waals surface area contributed by atoms with Gasteiger partial charge >= 0.3 is 0 Å². The smallest absolute Gasteiger partial charge is 0.161 e. The van der Waals surface area contributed by atoms with E-state index in [1.807, 2.05) is 17.8 Å². The minimum Gasteiger partial charge on any atom is -0.334 e. The highest BCUT2D eigenvalue weighted by molar-refractivity contribution is 9.11. The molecule has 2 nitrogen and oxygen atoms in total. The van der Waals surface area contributed by atoms with Crippen LogP contribution in [0.1, 0.15) is 32.6 Å². The lowest BCUT2D eigenvalue weighted by Gasteiger charge is -2.32. The first-order valence-corrected chi connectivity index (χ1v) is 9.58. The van der Waals surface area contributed by atoms with Crippen LogP contribution in [0.3, 0.4) is 0 Å². The van der Waals surface area contributed by atoms with Crippen molar-refractivity contribution in [3.63, 3.8) is 0 Å². The number of benzene rings is 1. The molecule has 0 radical (unpaired) electrons. The molecule has 0 atom stereocenters. The van der Waals surface area contributed by atoms with Crippen molar-refractivity contribution >= 4 is 54.5 Å². The summed E-state index contributed by atoms with van der Waals surface area (Å²) in [6, 6.07) is 6.18. The van der Waals surface area contributed by atoms with Crippen molar-refractivity contribution in [3.05, 3.63) is 27.1 Å². The molecular weight excluding hydrogens is 400 g/mol. The van der Waals surface area contributed by atoms with Crippen molar-refractivity contribution < 1.29 is 0 Å². The largest absolute Gasteiger partial charge is 0.334 e. The van der Waals surface area contributed by atoms with Gasteiger partial charge < -0.3 is 5.32 Å². The van der Waals surface area contributed by atoms with Crippen molar-refractivity contribution in [3.8, 4) is 0 Å². The van der Waals surface area contributed by atoms with Crippen LogP contribution in [0.2, 0.25) is 0 Å². The average Bonchev–Trinajstić information content (AvgIpc) is 2.80. The number of rotatable bonds is 1. The van der Waals surface area contributed by atoms with Crippen molar-refractivity contribution in [2.24, 2.45) is 10.9 Å². The number of aliphatic imine (C=N–C) groups is 1. The number of thioether (sulfide) groups is 1. The lowest BCUT2D eigenvalue weighted by atomic mass is 9.79. The van der Waals surface area contributed by atoms with E-state index >= 15 is 0 Å². The van der Waals surface area contributed by atoms with Crippen LogP contribution in [0.4, 0.5) is 5.69 Å². The molecule has 5 heteroatoms. The molecule has 0 bridgehead atoms. The second-order valence-electron chi connectivity index (χ2n) is 5.86. The number of hydrogen-bond acceptors (Lipinski definition) is 3. The minimum absolute atomic E-state index is 0.210. The highest BCUT2D eigenvalue weighted by Crippen LogP contribution is 2.42. The third-order valence-electron chi connectivity index (χ3n) is 4.19. The number of halogens is 2. The van der Waals surface area contributed by atoms with Gasteiger partial charge in [0.15, 0.2) is 5.17 Å². The van der Waals surface area contributed by atoms with E-state index in [0.717, 1.165) is 31.5 Å². The van der Waals surface area contributed by atoms with Crippen LogP contribution in [-0.4, -0.2) is 16.5 Å². The quantitative estimate of drug-likeness (QED) is 0.635. The van der Waals surface area contributed by atoms with Gasteiger partial charge in [0.1, 0.15) is 0 Å². The maximum Gasteiger partial charge on any atom is 0.161 e. The molecule has 1 spiro atoms. The predicted molar refractivity (Wildman–Crippen MR) is 95.7 cm³/mol. The Balaban J connectivity index is 1.72. The number of nitrogens with one attached hydrogen (secondary N) is 1. The van der Waals surface area contributed by atoms with E-state index in [1.54, 1.807) is 0 Å². The van der Waals surface area contributed by atoms with E-state index in [-0.39, 0.29) is 5.54 Å². The van der Waals surface area contributed by atoms with Crippen LogP contribution < -0.4 is 5.32 Å². The third kappa shape index (κ3) is 3.25. The molecule has 20 heavy (non-hydrogen) atoms. The topological polar surface area (TPSA) is 24.4 Å². The predicted octanol–water partition coefficient (Wildman–Crippen LogP) is 5.68. The lowest BCUT2D eigenvalue weighted by Crippen LogP contribution is -2.32. The van der Waals surface area contributed by atoms with Gasteiger partial charge in [-0.15, -0.1) is 0 Å². The van der Waals surface area contributed by atoms with Gasteiger partial charge in [0.05, 0.1) is 11.2 Å². The molecule has 1 fully saturated rings. The van der Waals surface area contributed by atoms with Crippen molar-refractivity contribution in [2.45, 2.75) is 38.1 Å². The Hall–Kier alpha value is -0.0000000000000000555. The van der Waals surface area contributed by atoms with E-state index < -0.39 is 0 Å². The highest BCUT2D eigenvalue weighted by Gasteiger charge is 2.38. The maximum atomic E-state index is 5.01. The molecule has 3 rings (SSSR count). The zero-order valence-corrected chi connectivity index (χ0v) is 15.4. The Morgan fingerprint density at radius 1 is 1.30 bits per heavy atom. The van der Waals surface area contributed by atoms with Gasteiger partial charge in [-0.2, -0.15) is 0 Å². The van der Waals surface area contributed by atoms with Crippen LogP contribution in [0, 0.1) is 5.92 Å². The van der Waals surface area contributed by atoms with Gasteiger partial charge in [-0.05, 0) is 65.7 Å². The molecule has 1 N–H and O–H groups in total. The van der Waals surface area contributed by atoms with Crippen LogP contribution in [0.5, 0.6) is 0 Å². The average molecular weight is 418 g/mol. The fraction of sp³-hybridized carbons (Fsp3) is 0.533. The molecule has 108 valence electrons. The summed E-state index contributed by atoms with van der Waals surface area (Å²) in [7, 11) is 0. The number of hydrogen-bond donors (Lipinski definition) is 1. The summed E-state index contributed by atoms with van der Waals surface area (Å²) >= 11 is 8.93. The van der Waals surface area contributed by atoms with Gasteiger partial charge in [-0.3, -0.25) is 4.99 Å². The molecule has 0 amide bonds. The van der Waals surface area contributed by atoms with Gasteiger partial charge in [-0.25, -0.2) is 0 Å². The molecule has 2 aliphatic rings. The molecule has 0 saturated heterocycles. The number of amidine groups is 1. The summed E-state index contributed by atoms with van der Waals surface area (Å²) in [5.74, 6) is 2.01. The molecule has 1 aliphatic carbocycles. The summed E-state index contributed by atoms with van der Waals surface area (Å²) in [4.78, 5) is 5.01. The normalized spacial score (nSPS) is 29.6. The van der Waals surface area contributed by atoms with Gasteiger partial charge in [0.2, 0.25) is 0 Å². The molecular formula is C15H18Br2N2S. The Labute approximate surface area is 141 Å². The molecule has 1 aliphatic heterocycles. The first-order chi connectivity index (χ1) is 9.56. The second kappa shape index (κ2) is 6.01. The monoisotopic (exact) mass is 416 g/mol. The maximum absolute atomic E-state index is 5.01. The van der Waals surface area contributed by atoms with Gasteiger partial charge in [0.25, 0.3) is 0 Å². The van der Waals surface area contributed by atoms with E-state index in [4.69, 9.17) is 4.99 Å². The summed E-state index contributed by atoms with van der Waals surface area (Å²) in [5.41, 5.74) is 1.29. The van der Waals surface area contributed by atoms with Crippen molar-refractivity contribution in [1.29, 1.82) is 0 Å².